The number of aromatic nitrogens is 1. The van der Waals surface area contributed by atoms with Crippen LogP contribution in [0.15, 0.2) is 30.5 Å². The lowest BCUT2D eigenvalue weighted by atomic mass is 10.1. The maximum atomic E-state index is 9.48. The number of nitrogens with zero attached hydrogens (tertiary/aromatic N) is 3. The van der Waals surface area contributed by atoms with Gasteiger partial charge in [-0.15, -0.1) is 0 Å². The highest BCUT2D eigenvalue weighted by atomic mass is 16.3. The zero-order valence-corrected chi connectivity index (χ0v) is 12.2. The lowest BCUT2D eigenvalue weighted by Crippen LogP contribution is -2.47. The molecule has 1 N–H and O–H groups in total. The summed E-state index contributed by atoms with van der Waals surface area (Å²) < 4.78 is 0. The topological polar surface area (TPSA) is 39.6 Å². The SMILES string of the molecule is OCc1cnc(N2CCN(C3CC3)CC2)c2ccccc12. The van der Waals surface area contributed by atoms with Crippen LogP contribution in [0.5, 0.6) is 0 Å². The predicted molar refractivity (Wildman–Crippen MR) is 84.5 cm³/mol. The number of pyridine rings is 1. The fourth-order valence-corrected chi connectivity index (χ4v) is 3.35. The first-order valence-electron chi connectivity index (χ1n) is 7.83. The van der Waals surface area contributed by atoms with Crippen LogP contribution < -0.4 is 4.90 Å². The summed E-state index contributed by atoms with van der Waals surface area (Å²) in [5, 5.41) is 11.8. The summed E-state index contributed by atoms with van der Waals surface area (Å²) in [5.74, 6) is 1.07. The minimum Gasteiger partial charge on any atom is -0.392 e. The van der Waals surface area contributed by atoms with Gasteiger partial charge in [-0.05, 0) is 18.2 Å². The van der Waals surface area contributed by atoms with Crippen molar-refractivity contribution < 1.29 is 5.11 Å². The van der Waals surface area contributed by atoms with Crippen LogP contribution >= 0.6 is 0 Å². The molecule has 1 aliphatic carbocycles. The summed E-state index contributed by atoms with van der Waals surface area (Å²) in [7, 11) is 0. The third kappa shape index (κ3) is 2.39. The number of aliphatic hydroxyl groups is 1. The Bertz CT molecular complexity index is 646. The smallest absolute Gasteiger partial charge is 0.136 e. The van der Waals surface area contributed by atoms with Crippen molar-refractivity contribution >= 4 is 16.6 Å². The summed E-state index contributed by atoms with van der Waals surface area (Å²) in [6.07, 6.45) is 4.59. The highest BCUT2D eigenvalue weighted by molar-refractivity contribution is 5.94. The number of aliphatic hydroxyl groups excluding tert-OH is 1. The number of benzene rings is 1. The Morgan fingerprint density at radius 1 is 1.05 bits per heavy atom. The monoisotopic (exact) mass is 283 g/mol. The minimum atomic E-state index is 0.0449. The van der Waals surface area contributed by atoms with Gasteiger partial charge in [0.15, 0.2) is 0 Å². The summed E-state index contributed by atoms with van der Waals surface area (Å²) in [6.45, 7) is 4.42. The van der Waals surface area contributed by atoms with Crippen LogP contribution in [0.3, 0.4) is 0 Å². The van der Waals surface area contributed by atoms with Crippen LogP contribution in [-0.2, 0) is 6.61 Å². The minimum absolute atomic E-state index is 0.0449. The van der Waals surface area contributed by atoms with Gasteiger partial charge < -0.3 is 10.0 Å². The van der Waals surface area contributed by atoms with Gasteiger partial charge in [0, 0.05) is 49.4 Å². The molecular formula is C17H21N3O. The Hall–Kier alpha value is -1.65. The predicted octanol–water partition coefficient (Wildman–Crippen LogP) is 2.01. The van der Waals surface area contributed by atoms with Crippen molar-refractivity contribution in [2.24, 2.45) is 0 Å². The molecule has 0 unspecified atom stereocenters. The first-order chi connectivity index (χ1) is 10.4. The van der Waals surface area contributed by atoms with E-state index in [9.17, 15) is 5.11 Å². The molecule has 1 aromatic heterocycles. The van der Waals surface area contributed by atoms with Crippen molar-refractivity contribution in [2.45, 2.75) is 25.5 Å². The van der Waals surface area contributed by atoms with Crippen molar-refractivity contribution in [1.29, 1.82) is 0 Å². The number of hydrogen-bond donors (Lipinski definition) is 1. The van der Waals surface area contributed by atoms with E-state index in [4.69, 9.17) is 0 Å². The molecule has 0 spiro atoms. The third-order valence-corrected chi connectivity index (χ3v) is 4.70. The van der Waals surface area contributed by atoms with Gasteiger partial charge in [0.25, 0.3) is 0 Å². The maximum absolute atomic E-state index is 9.48. The molecule has 2 fully saturated rings. The molecule has 1 saturated heterocycles. The van der Waals surface area contributed by atoms with E-state index >= 15 is 0 Å². The standard InChI is InChI=1S/C17H21N3O/c21-12-13-11-18-17(16-4-2-1-3-15(13)16)20-9-7-19(8-10-20)14-5-6-14/h1-4,11,14,21H,5-10,12H2. The molecule has 1 saturated carbocycles. The second-order valence-electron chi connectivity index (χ2n) is 6.06. The van der Waals surface area contributed by atoms with Crippen LogP contribution in [0, 0.1) is 0 Å². The average Bonchev–Trinajstić information content (AvgIpc) is 3.39. The highest BCUT2D eigenvalue weighted by Crippen LogP contribution is 2.31. The maximum Gasteiger partial charge on any atom is 0.136 e. The quantitative estimate of drug-likeness (QED) is 0.935. The number of rotatable bonds is 3. The van der Waals surface area contributed by atoms with Gasteiger partial charge in [0.2, 0.25) is 0 Å². The van der Waals surface area contributed by atoms with E-state index in [1.807, 2.05) is 12.3 Å². The second kappa shape index (κ2) is 5.28. The van der Waals surface area contributed by atoms with Gasteiger partial charge >= 0.3 is 0 Å². The molecule has 0 radical (unpaired) electrons. The van der Waals surface area contributed by atoms with E-state index < -0.39 is 0 Å². The number of piperazine rings is 1. The van der Waals surface area contributed by atoms with Gasteiger partial charge in [-0.1, -0.05) is 24.3 Å². The third-order valence-electron chi connectivity index (χ3n) is 4.70. The molecule has 0 atom stereocenters. The summed E-state index contributed by atoms with van der Waals surface area (Å²) in [6, 6.07) is 9.12. The fraction of sp³-hybridized carbons (Fsp3) is 0.471. The van der Waals surface area contributed by atoms with Gasteiger partial charge in [-0.25, -0.2) is 4.98 Å². The molecule has 1 aromatic carbocycles. The molecule has 0 amide bonds. The van der Waals surface area contributed by atoms with Crippen LogP contribution in [0.1, 0.15) is 18.4 Å². The van der Waals surface area contributed by atoms with Crippen molar-refractivity contribution in [3.05, 3.63) is 36.0 Å². The van der Waals surface area contributed by atoms with Crippen molar-refractivity contribution in [2.75, 3.05) is 31.1 Å². The lowest BCUT2D eigenvalue weighted by molar-refractivity contribution is 0.248. The van der Waals surface area contributed by atoms with Crippen molar-refractivity contribution in [3.63, 3.8) is 0 Å². The first-order valence-corrected chi connectivity index (χ1v) is 7.83. The Balaban J connectivity index is 1.64. The lowest BCUT2D eigenvalue weighted by Gasteiger charge is -2.36. The van der Waals surface area contributed by atoms with Gasteiger partial charge in [-0.3, -0.25) is 4.90 Å². The van der Waals surface area contributed by atoms with E-state index in [0.29, 0.717) is 0 Å². The average molecular weight is 283 g/mol. The van der Waals surface area contributed by atoms with Gasteiger partial charge in [0.05, 0.1) is 6.61 Å². The molecular weight excluding hydrogens is 262 g/mol. The second-order valence-corrected chi connectivity index (χ2v) is 6.06. The van der Waals surface area contributed by atoms with Crippen molar-refractivity contribution in [3.8, 4) is 0 Å². The summed E-state index contributed by atoms with van der Waals surface area (Å²) in [5.41, 5.74) is 0.908. The van der Waals surface area contributed by atoms with E-state index in [-0.39, 0.29) is 6.61 Å². The molecule has 2 heterocycles. The zero-order valence-electron chi connectivity index (χ0n) is 12.2. The summed E-state index contributed by atoms with van der Waals surface area (Å²) >= 11 is 0. The molecule has 2 aliphatic rings. The first kappa shape index (κ1) is 13.0. The molecule has 0 bridgehead atoms. The zero-order chi connectivity index (χ0) is 14.2. The molecule has 4 heteroatoms. The van der Waals surface area contributed by atoms with E-state index in [2.05, 4.69) is 33.0 Å². The molecule has 4 rings (SSSR count). The Kier molecular flexibility index (Phi) is 3.28. The molecule has 110 valence electrons. The normalized spacial score (nSPS) is 20.1. The van der Waals surface area contributed by atoms with Crippen molar-refractivity contribution in [1.82, 2.24) is 9.88 Å². The largest absolute Gasteiger partial charge is 0.392 e. The van der Waals surface area contributed by atoms with Crippen LogP contribution in [-0.4, -0.2) is 47.2 Å². The highest BCUT2D eigenvalue weighted by Gasteiger charge is 2.31. The Labute approximate surface area is 125 Å². The number of hydrogen-bond acceptors (Lipinski definition) is 4. The van der Waals surface area contributed by atoms with E-state index in [0.717, 1.165) is 54.4 Å². The molecule has 1 aliphatic heterocycles. The van der Waals surface area contributed by atoms with E-state index in [1.165, 1.54) is 12.8 Å². The van der Waals surface area contributed by atoms with Crippen LogP contribution in [0.25, 0.3) is 10.8 Å². The van der Waals surface area contributed by atoms with Gasteiger partial charge in [0.1, 0.15) is 5.82 Å². The van der Waals surface area contributed by atoms with Crippen LogP contribution in [0.2, 0.25) is 0 Å². The summed E-state index contributed by atoms with van der Waals surface area (Å²) in [4.78, 5) is 9.64. The molecule has 21 heavy (non-hydrogen) atoms. The number of anilines is 1. The molecule has 4 nitrogen and oxygen atoms in total. The fourth-order valence-electron chi connectivity index (χ4n) is 3.35. The Morgan fingerprint density at radius 3 is 2.43 bits per heavy atom. The van der Waals surface area contributed by atoms with E-state index in [1.54, 1.807) is 0 Å². The van der Waals surface area contributed by atoms with Gasteiger partial charge in [-0.2, -0.15) is 0 Å². The van der Waals surface area contributed by atoms with Crippen LogP contribution in [0.4, 0.5) is 5.82 Å². The number of fused-ring (bicyclic) bond motifs is 1. The molecule has 2 aromatic rings. The Morgan fingerprint density at radius 2 is 1.76 bits per heavy atom.